The van der Waals surface area contributed by atoms with Gasteiger partial charge in [0, 0.05) is 30.7 Å². The van der Waals surface area contributed by atoms with Crippen LogP contribution < -0.4 is 11.2 Å². The predicted molar refractivity (Wildman–Crippen MR) is 76.0 cm³/mol. The molecule has 3 nitrogen and oxygen atoms in total. The highest BCUT2D eigenvalue weighted by Gasteiger charge is 2.15. The van der Waals surface area contributed by atoms with Gasteiger partial charge in [-0.05, 0) is 23.1 Å². The standard InChI is InChI=1S/C15H20N2O/c1-15(2,3)11-4-5-13-12(10-11)14(18)6-8-17(13)9-7-16/h4-6,8,10H,7,9,16H2,1-3H3. The lowest BCUT2D eigenvalue weighted by Gasteiger charge is -2.20. The van der Waals surface area contributed by atoms with Gasteiger partial charge < -0.3 is 10.3 Å². The number of benzene rings is 1. The maximum atomic E-state index is 12.0. The van der Waals surface area contributed by atoms with Crippen molar-refractivity contribution in [1.82, 2.24) is 4.57 Å². The molecule has 0 radical (unpaired) electrons. The molecule has 18 heavy (non-hydrogen) atoms. The molecule has 0 fully saturated rings. The zero-order valence-electron chi connectivity index (χ0n) is 11.2. The third-order valence-corrected chi connectivity index (χ3v) is 3.21. The number of aromatic nitrogens is 1. The van der Waals surface area contributed by atoms with E-state index in [2.05, 4.69) is 26.8 Å². The lowest BCUT2D eigenvalue weighted by Crippen LogP contribution is -2.16. The monoisotopic (exact) mass is 244 g/mol. The molecule has 96 valence electrons. The number of fused-ring (bicyclic) bond motifs is 1. The Kier molecular flexibility index (Phi) is 3.26. The molecule has 3 heteroatoms. The van der Waals surface area contributed by atoms with Crippen molar-refractivity contribution in [3.8, 4) is 0 Å². The maximum Gasteiger partial charge on any atom is 0.189 e. The van der Waals surface area contributed by atoms with Crippen LogP contribution in [0.25, 0.3) is 10.9 Å². The summed E-state index contributed by atoms with van der Waals surface area (Å²) in [5, 5.41) is 0.776. The SMILES string of the molecule is CC(C)(C)c1ccc2c(c1)c(=O)ccn2CCN. The molecule has 0 saturated carbocycles. The number of nitrogens with two attached hydrogens (primary N) is 1. The first-order valence-electron chi connectivity index (χ1n) is 6.27. The zero-order valence-corrected chi connectivity index (χ0v) is 11.2. The van der Waals surface area contributed by atoms with Crippen molar-refractivity contribution in [1.29, 1.82) is 0 Å². The number of hydrogen-bond acceptors (Lipinski definition) is 2. The van der Waals surface area contributed by atoms with Gasteiger partial charge in [0.15, 0.2) is 5.43 Å². The van der Waals surface area contributed by atoms with Crippen molar-refractivity contribution in [3.05, 3.63) is 46.2 Å². The fourth-order valence-corrected chi connectivity index (χ4v) is 2.11. The second-order valence-electron chi connectivity index (χ2n) is 5.64. The molecule has 0 aliphatic heterocycles. The molecule has 0 amide bonds. The highest BCUT2D eigenvalue weighted by molar-refractivity contribution is 5.79. The molecule has 2 N–H and O–H groups in total. The molecule has 0 aliphatic carbocycles. The van der Waals surface area contributed by atoms with E-state index in [4.69, 9.17) is 5.73 Å². The van der Waals surface area contributed by atoms with Crippen LogP contribution in [0.1, 0.15) is 26.3 Å². The Labute approximate surface area is 107 Å². The van der Waals surface area contributed by atoms with Crippen molar-refractivity contribution in [2.45, 2.75) is 32.7 Å². The van der Waals surface area contributed by atoms with Crippen LogP contribution >= 0.6 is 0 Å². The Morgan fingerprint density at radius 3 is 2.56 bits per heavy atom. The van der Waals surface area contributed by atoms with Gasteiger partial charge in [0.05, 0.1) is 5.52 Å². The molecular weight excluding hydrogens is 224 g/mol. The smallest absolute Gasteiger partial charge is 0.189 e. The van der Waals surface area contributed by atoms with Crippen molar-refractivity contribution >= 4 is 10.9 Å². The average Bonchev–Trinajstić information content (AvgIpc) is 2.31. The Morgan fingerprint density at radius 1 is 1.22 bits per heavy atom. The Morgan fingerprint density at radius 2 is 1.94 bits per heavy atom. The van der Waals surface area contributed by atoms with E-state index in [0.717, 1.165) is 17.4 Å². The second kappa shape index (κ2) is 4.58. The average molecular weight is 244 g/mol. The van der Waals surface area contributed by atoms with Gasteiger partial charge >= 0.3 is 0 Å². The van der Waals surface area contributed by atoms with E-state index in [1.807, 2.05) is 22.9 Å². The fourth-order valence-electron chi connectivity index (χ4n) is 2.11. The van der Waals surface area contributed by atoms with E-state index in [-0.39, 0.29) is 10.8 Å². The highest BCUT2D eigenvalue weighted by Crippen LogP contribution is 2.24. The molecule has 0 atom stereocenters. The number of pyridine rings is 1. The molecule has 0 spiro atoms. The van der Waals surface area contributed by atoms with Crippen LogP contribution in [0.2, 0.25) is 0 Å². The molecule has 2 aromatic rings. The molecule has 1 aromatic carbocycles. The van der Waals surface area contributed by atoms with Crippen LogP contribution in [0.4, 0.5) is 0 Å². The van der Waals surface area contributed by atoms with Gasteiger partial charge in [0.2, 0.25) is 0 Å². The summed E-state index contributed by atoms with van der Waals surface area (Å²) in [5.74, 6) is 0. The summed E-state index contributed by atoms with van der Waals surface area (Å²) in [6, 6.07) is 7.73. The van der Waals surface area contributed by atoms with Gasteiger partial charge in [0.25, 0.3) is 0 Å². The third kappa shape index (κ3) is 2.31. The van der Waals surface area contributed by atoms with Crippen LogP contribution in [-0.2, 0) is 12.0 Å². The minimum atomic E-state index is 0.0508. The van der Waals surface area contributed by atoms with Crippen molar-refractivity contribution in [3.63, 3.8) is 0 Å². The molecule has 0 bridgehead atoms. The third-order valence-electron chi connectivity index (χ3n) is 3.21. The van der Waals surface area contributed by atoms with Crippen LogP contribution in [0.15, 0.2) is 35.3 Å². The van der Waals surface area contributed by atoms with Crippen LogP contribution in [0.5, 0.6) is 0 Å². The summed E-state index contributed by atoms with van der Waals surface area (Å²) in [6.07, 6.45) is 1.81. The van der Waals surface area contributed by atoms with Crippen LogP contribution in [0, 0.1) is 0 Å². The molecule has 1 heterocycles. The van der Waals surface area contributed by atoms with Gasteiger partial charge in [0.1, 0.15) is 0 Å². The predicted octanol–water partition coefficient (Wildman–Crippen LogP) is 2.26. The highest BCUT2D eigenvalue weighted by atomic mass is 16.1. The first kappa shape index (κ1) is 12.8. The van der Waals surface area contributed by atoms with Gasteiger partial charge in [-0.3, -0.25) is 4.79 Å². The molecule has 0 aliphatic rings. The number of rotatable bonds is 2. The van der Waals surface area contributed by atoms with Crippen molar-refractivity contribution in [2.75, 3.05) is 6.54 Å². The Balaban J connectivity index is 2.70. The zero-order chi connectivity index (χ0) is 13.3. The molecule has 2 rings (SSSR count). The second-order valence-corrected chi connectivity index (χ2v) is 5.64. The first-order valence-corrected chi connectivity index (χ1v) is 6.27. The van der Waals surface area contributed by atoms with E-state index in [1.165, 1.54) is 5.56 Å². The lowest BCUT2D eigenvalue weighted by atomic mass is 9.86. The van der Waals surface area contributed by atoms with Gasteiger partial charge in [-0.1, -0.05) is 26.8 Å². The van der Waals surface area contributed by atoms with E-state index in [1.54, 1.807) is 6.07 Å². The quantitative estimate of drug-likeness (QED) is 0.881. The van der Waals surface area contributed by atoms with Crippen LogP contribution in [0.3, 0.4) is 0 Å². The summed E-state index contributed by atoms with van der Waals surface area (Å²) in [6.45, 7) is 7.74. The van der Waals surface area contributed by atoms with Crippen molar-refractivity contribution in [2.24, 2.45) is 5.73 Å². The summed E-state index contributed by atoms with van der Waals surface area (Å²) in [4.78, 5) is 12.0. The van der Waals surface area contributed by atoms with E-state index in [0.29, 0.717) is 6.54 Å². The van der Waals surface area contributed by atoms with E-state index in [9.17, 15) is 4.79 Å². The van der Waals surface area contributed by atoms with Gasteiger partial charge in [-0.2, -0.15) is 0 Å². The minimum Gasteiger partial charge on any atom is -0.346 e. The molecule has 1 aromatic heterocycles. The molecule has 0 saturated heterocycles. The number of hydrogen-bond donors (Lipinski definition) is 1. The summed E-state index contributed by atoms with van der Waals surface area (Å²) in [7, 11) is 0. The largest absolute Gasteiger partial charge is 0.346 e. The molecule has 0 unspecified atom stereocenters. The van der Waals surface area contributed by atoms with E-state index < -0.39 is 0 Å². The topological polar surface area (TPSA) is 48.0 Å². The summed E-state index contributed by atoms with van der Waals surface area (Å²) < 4.78 is 2.03. The summed E-state index contributed by atoms with van der Waals surface area (Å²) in [5.41, 5.74) is 7.85. The number of nitrogens with zero attached hydrogens (tertiary/aromatic N) is 1. The van der Waals surface area contributed by atoms with Crippen molar-refractivity contribution < 1.29 is 0 Å². The first-order chi connectivity index (χ1) is 8.43. The van der Waals surface area contributed by atoms with Crippen LogP contribution in [-0.4, -0.2) is 11.1 Å². The van der Waals surface area contributed by atoms with E-state index >= 15 is 0 Å². The summed E-state index contributed by atoms with van der Waals surface area (Å²) >= 11 is 0. The maximum absolute atomic E-state index is 12.0. The van der Waals surface area contributed by atoms with Gasteiger partial charge in [-0.25, -0.2) is 0 Å². The molecular formula is C15H20N2O. The Hall–Kier alpha value is -1.61. The van der Waals surface area contributed by atoms with Gasteiger partial charge in [-0.15, -0.1) is 0 Å². The lowest BCUT2D eigenvalue weighted by molar-refractivity contribution is 0.591. The minimum absolute atomic E-state index is 0.0508. The Bertz CT molecular complexity index is 620. The fraction of sp³-hybridized carbons (Fsp3) is 0.400. The normalized spacial score (nSPS) is 12.0.